The Morgan fingerprint density at radius 3 is 2.67 bits per heavy atom. The van der Waals surface area contributed by atoms with Crippen molar-refractivity contribution in [2.45, 2.75) is 27.2 Å². The van der Waals surface area contributed by atoms with Crippen LogP contribution in [0.3, 0.4) is 0 Å². The lowest BCUT2D eigenvalue weighted by Crippen LogP contribution is -2.29. The second-order valence-corrected chi connectivity index (χ2v) is 5.49. The van der Waals surface area contributed by atoms with Gasteiger partial charge in [0.15, 0.2) is 5.11 Å². The van der Waals surface area contributed by atoms with Crippen molar-refractivity contribution >= 4 is 39.6 Å². The van der Waals surface area contributed by atoms with Crippen molar-refractivity contribution in [2.24, 2.45) is 0 Å². The van der Waals surface area contributed by atoms with Gasteiger partial charge in [-0.15, -0.1) is 11.3 Å². The van der Waals surface area contributed by atoms with Gasteiger partial charge in [0.1, 0.15) is 5.00 Å². The first-order valence-electron chi connectivity index (χ1n) is 5.74. The molecule has 6 heteroatoms. The number of thiocarbonyl (C=S) groups is 1. The van der Waals surface area contributed by atoms with E-state index in [1.165, 1.54) is 18.4 Å². The predicted molar refractivity (Wildman–Crippen MR) is 79.6 cm³/mol. The maximum Gasteiger partial charge on any atom is 0.341 e. The smallest absolute Gasteiger partial charge is 0.341 e. The number of nitrogens with one attached hydrogen (secondary N) is 2. The number of hydrogen-bond donors (Lipinski definition) is 2. The molecule has 2 N–H and O–H groups in total. The van der Waals surface area contributed by atoms with Crippen molar-refractivity contribution in [1.82, 2.24) is 5.32 Å². The lowest BCUT2D eigenvalue weighted by atomic mass is 10.1. The van der Waals surface area contributed by atoms with Crippen molar-refractivity contribution in [3.8, 4) is 0 Å². The van der Waals surface area contributed by atoms with E-state index >= 15 is 0 Å². The van der Waals surface area contributed by atoms with Gasteiger partial charge in [0.05, 0.1) is 12.7 Å². The van der Waals surface area contributed by atoms with Crippen LogP contribution in [0.1, 0.15) is 34.1 Å². The summed E-state index contributed by atoms with van der Waals surface area (Å²) < 4.78 is 4.80. The molecule has 1 aromatic rings. The van der Waals surface area contributed by atoms with Gasteiger partial charge in [-0.05, 0) is 38.0 Å². The number of carbonyl (C=O) groups excluding carboxylic acids is 1. The van der Waals surface area contributed by atoms with Gasteiger partial charge in [-0.25, -0.2) is 4.79 Å². The number of hydrogen-bond acceptors (Lipinski definition) is 4. The van der Waals surface area contributed by atoms with Gasteiger partial charge in [0, 0.05) is 11.4 Å². The van der Waals surface area contributed by atoms with Gasteiger partial charge in [-0.3, -0.25) is 0 Å². The Morgan fingerprint density at radius 1 is 1.44 bits per heavy atom. The lowest BCUT2D eigenvalue weighted by Gasteiger charge is -2.09. The van der Waals surface area contributed by atoms with Crippen LogP contribution in [0.25, 0.3) is 0 Å². The Hall–Kier alpha value is -1.14. The number of esters is 1. The number of thiophene rings is 1. The second-order valence-electron chi connectivity index (χ2n) is 3.86. The summed E-state index contributed by atoms with van der Waals surface area (Å²) in [5, 5.41) is 7.40. The van der Waals surface area contributed by atoms with E-state index in [1.54, 1.807) is 0 Å². The van der Waals surface area contributed by atoms with Crippen molar-refractivity contribution in [3.63, 3.8) is 0 Å². The predicted octanol–water partition coefficient (Wildman–Crippen LogP) is 2.85. The van der Waals surface area contributed by atoms with E-state index in [9.17, 15) is 4.79 Å². The molecule has 1 rings (SSSR count). The number of methoxy groups -OCH3 is 1. The van der Waals surface area contributed by atoms with E-state index < -0.39 is 0 Å². The minimum Gasteiger partial charge on any atom is -0.465 e. The Kier molecular flexibility index (Phi) is 5.55. The molecule has 100 valence electrons. The summed E-state index contributed by atoms with van der Waals surface area (Å²) in [6.07, 6.45) is 0.994. The molecule has 0 spiro atoms. The number of anilines is 1. The average Bonchev–Trinajstić information content (AvgIpc) is 2.61. The first-order chi connectivity index (χ1) is 8.51. The van der Waals surface area contributed by atoms with Crippen LogP contribution in [0.4, 0.5) is 5.00 Å². The molecule has 1 heterocycles. The van der Waals surface area contributed by atoms with Crippen LogP contribution < -0.4 is 10.6 Å². The summed E-state index contributed by atoms with van der Waals surface area (Å²) in [6, 6.07) is 0. The highest BCUT2D eigenvalue weighted by Crippen LogP contribution is 2.32. The fraction of sp³-hybridized carbons (Fsp3) is 0.500. The zero-order valence-corrected chi connectivity index (χ0v) is 12.7. The lowest BCUT2D eigenvalue weighted by molar-refractivity contribution is 0.0601. The molecule has 0 atom stereocenters. The first-order valence-corrected chi connectivity index (χ1v) is 6.96. The van der Waals surface area contributed by atoms with Crippen LogP contribution in [0.15, 0.2) is 0 Å². The Morgan fingerprint density at radius 2 is 2.11 bits per heavy atom. The molecule has 0 fully saturated rings. The molecule has 18 heavy (non-hydrogen) atoms. The Balaban J connectivity index is 2.91. The summed E-state index contributed by atoms with van der Waals surface area (Å²) in [6.45, 7) is 6.75. The minimum atomic E-state index is -0.336. The van der Waals surface area contributed by atoms with E-state index in [-0.39, 0.29) is 5.97 Å². The summed E-state index contributed by atoms with van der Waals surface area (Å²) >= 11 is 6.68. The molecule has 4 nitrogen and oxygen atoms in total. The molecule has 0 aliphatic carbocycles. The molecule has 0 aliphatic heterocycles. The summed E-state index contributed by atoms with van der Waals surface area (Å²) in [5.74, 6) is -0.336. The minimum absolute atomic E-state index is 0.336. The SMILES string of the molecule is CCCNC(=S)Nc1sc(C)c(C)c1C(=O)OC. The van der Waals surface area contributed by atoms with Gasteiger partial charge in [0.25, 0.3) is 0 Å². The summed E-state index contributed by atoms with van der Waals surface area (Å²) in [5.41, 5.74) is 1.51. The normalized spacial score (nSPS) is 10.0. The molecule has 0 amide bonds. The van der Waals surface area contributed by atoms with Crippen LogP contribution in [0.2, 0.25) is 0 Å². The molecule has 1 aromatic heterocycles. The average molecular weight is 286 g/mol. The van der Waals surface area contributed by atoms with E-state index in [0.29, 0.717) is 10.7 Å². The van der Waals surface area contributed by atoms with Crippen LogP contribution in [-0.2, 0) is 4.74 Å². The van der Waals surface area contributed by atoms with Gasteiger partial charge < -0.3 is 15.4 Å². The molecule has 0 saturated heterocycles. The van der Waals surface area contributed by atoms with Crippen LogP contribution in [0.5, 0.6) is 0 Å². The van der Waals surface area contributed by atoms with Crippen LogP contribution in [-0.4, -0.2) is 24.7 Å². The highest BCUT2D eigenvalue weighted by atomic mass is 32.1. The summed E-state index contributed by atoms with van der Waals surface area (Å²) in [4.78, 5) is 12.8. The van der Waals surface area contributed by atoms with Crippen molar-refractivity contribution in [3.05, 3.63) is 16.0 Å². The largest absolute Gasteiger partial charge is 0.465 e. The Bertz CT molecular complexity index is 455. The molecule has 0 aliphatic rings. The molecule has 0 bridgehead atoms. The number of rotatable bonds is 4. The van der Waals surface area contributed by atoms with E-state index in [0.717, 1.165) is 28.4 Å². The number of aryl methyl sites for hydroxylation is 1. The maximum absolute atomic E-state index is 11.7. The highest BCUT2D eigenvalue weighted by Gasteiger charge is 2.20. The van der Waals surface area contributed by atoms with Crippen LogP contribution >= 0.6 is 23.6 Å². The van der Waals surface area contributed by atoms with E-state index in [1.807, 2.05) is 13.8 Å². The molecular formula is C12H18N2O2S2. The monoisotopic (exact) mass is 286 g/mol. The van der Waals surface area contributed by atoms with Crippen molar-refractivity contribution in [2.75, 3.05) is 19.0 Å². The van der Waals surface area contributed by atoms with E-state index in [2.05, 4.69) is 17.6 Å². The van der Waals surface area contributed by atoms with Crippen LogP contribution in [0, 0.1) is 13.8 Å². The van der Waals surface area contributed by atoms with Crippen molar-refractivity contribution in [1.29, 1.82) is 0 Å². The first kappa shape index (κ1) is 14.9. The third-order valence-corrected chi connectivity index (χ3v) is 3.91. The molecular weight excluding hydrogens is 268 g/mol. The van der Waals surface area contributed by atoms with Gasteiger partial charge >= 0.3 is 5.97 Å². The third kappa shape index (κ3) is 3.43. The standard InChI is InChI=1S/C12H18N2O2S2/c1-5-6-13-12(17)14-10-9(11(15)16-4)7(2)8(3)18-10/h5-6H2,1-4H3,(H2,13,14,17). The quantitative estimate of drug-likeness (QED) is 0.658. The molecule has 0 unspecified atom stereocenters. The van der Waals surface area contributed by atoms with Crippen molar-refractivity contribution < 1.29 is 9.53 Å². The zero-order chi connectivity index (χ0) is 13.7. The topological polar surface area (TPSA) is 50.4 Å². The van der Waals surface area contributed by atoms with E-state index in [4.69, 9.17) is 17.0 Å². The number of ether oxygens (including phenoxy) is 1. The highest BCUT2D eigenvalue weighted by molar-refractivity contribution is 7.80. The zero-order valence-electron chi connectivity index (χ0n) is 11.0. The molecule has 0 aromatic carbocycles. The maximum atomic E-state index is 11.7. The fourth-order valence-electron chi connectivity index (χ4n) is 1.45. The fourth-order valence-corrected chi connectivity index (χ4v) is 2.77. The second kappa shape index (κ2) is 6.70. The molecule has 0 saturated carbocycles. The van der Waals surface area contributed by atoms with Gasteiger partial charge in [-0.1, -0.05) is 6.92 Å². The van der Waals surface area contributed by atoms with Gasteiger partial charge in [0.2, 0.25) is 0 Å². The Labute approximate surface area is 117 Å². The summed E-state index contributed by atoms with van der Waals surface area (Å²) in [7, 11) is 1.38. The molecule has 0 radical (unpaired) electrons. The number of carbonyl (C=O) groups is 1. The third-order valence-electron chi connectivity index (χ3n) is 2.54. The van der Waals surface area contributed by atoms with Gasteiger partial charge in [-0.2, -0.15) is 0 Å².